The molecule has 114 valence electrons. The highest BCUT2D eigenvalue weighted by Crippen LogP contribution is 2.31. The third kappa shape index (κ3) is 2.98. The van der Waals surface area contributed by atoms with E-state index in [0.717, 1.165) is 22.6 Å². The molecule has 0 atom stereocenters. The third-order valence-corrected chi connectivity index (χ3v) is 3.17. The number of alkyl halides is 2. The molecule has 0 saturated heterocycles. The number of anilines is 1. The van der Waals surface area contributed by atoms with Crippen LogP contribution in [0.4, 0.5) is 14.5 Å². The second-order valence-electron chi connectivity index (χ2n) is 4.74. The Balaban J connectivity index is 1.90. The Hall–Kier alpha value is -2.70. The van der Waals surface area contributed by atoms with Gasteiger partial charge in [-0.2, -0.15) is 8.78 Å². The summed E-state index contributed by atoms with van der Waals surface area (Å²) in [4.78, 5) is 11.4. The quantitative estimate of drug-likeness (QED) is 0.757. The number of pyridine rings is 1. The number of aromatic amines is 1. The molecule has 22 heavy (non-hydrogen) atoms. The highest BCUT2D eigenvalue weighted by molar-refractivity contribution is 5.95. The van der Waals surface area contributed by atoms with Gasteiger partial charge in [0.2, 0.25) is 0 Å². The molecule has 1 aromatic carbocycles. The number of hydrogen-bond acceptors (Lipinski definition) is 4. The molecule has 0 amide bonds. The number of aryl methyl sites for hydroxylation is 1. The maximum Gasteiger partial charge on any atom is 0.387 e. The Kier molecular flexibility index (Phi) is 3.86. The second kappa shape index (κ2) is 5.97. The number of fused-ring (bicyclic) bond motifs is 1. The average molecular weight is 304 g/mol. The molecule has 5 nitrogen and oxygen atoms in total. The van der Waals surface area contributed by atoms with Gasteiger partial charge in [0.15, 0.2) is 5.75 Å². The van der Waals surface area contributed by atoms with Crippen LogP contribution < -0.4 is 10.1 Å². The van der Waals surface area contributed by atoms with Crippen molar-refractivity contribution in [2.75, 3.05) is 5.32 Å². The van der Waals surface area contributed by atoms with Crippen LogP contribution in [0, 0.1) is 6.92 Å². The number of H-pyrrole nitrogens is 1. The van der Waals surface area contributed by atoms with Crippen LogP contribution in [0.5, 0.6) is 5.75 Å². The molecule has 0 saturated carbocycles. The normalized spacial score (nSPS) is 11.1. The molecule has 0 aliphatic heterocycles. The summed E-state index contributed by atoms with van der Waals surface area (Å²) in [5, 5.41) is 3.96. The average Bonchev–Trinajstić information content (AvgIpc) is 2.91. The van der Waals surface area contributed by atoms with Gasteiger partial charge in [-0.05, 0) is 31.2 Å². The minimum atomic E-state index is -2.88. The topological polar surface area (TPSA) is 62.8 Å². The number of benzene rings is 1. The first-order valence-corrected chi connectivity index (χ1v) is 6.70. The first-order valence-electron chi connectivity index (χ1n) is 6.70. The Morgan fingerprint density at radius 1 is 1.27 bits per heavy atom. The summed E-state index contributed by atoms with van der Waals surface area (Å²) < 4.78 is 29.4. The summed E-state index contributed by atoms with van der Waals surface area (Å²) in [6.07, 6.45) is 3.29. The van der Waals surface area contributed by atoms with Crippen molar-refractivity contribution < 1.29 is 13.5 Å². The van der Waals surface area contributed by atoms with Crippen LogP contribution in [0.1, 0.15) is 11.5 Å². The molecule has 0 aliphatic carbocycles. The summed E-state index contributed by atoms with van der Waals surface area (Å²) in [5.41, 5.74) is 2.12. The summed E-state index contributed by atoms with van der Waals surface area (Å²) in [5.74, 6) is 0.901. The monoisotopic (exact) mass is 304 g/mol. The van der Waals surface area contributed by atoms with Crippen molar-refractivity contribution in [2.24, 2.45) is 0 Å². The highest BCUT2D eigenvalue weighted by Gasteiger charge is 2.12. The highest BCUT2D eigenvalue weighted by atomic mass is 19.3. The van der Waals surface area contributed by atoms with Crippen molar-refractivity contribution in [1.82, 2.24) is 15.0 Å². The van der Waals surface area contributed by atoms with Gasteiger partial charge in [0.1, 0.15) is 11.3 Å². The Morgan fingerprint density at radius 3 is 2.86 bits per heavy atom. The number of ether oxygens (including phenoxy) is 1. The van der Waals surface area contributed by atoms with Crippen molar-refractivity contribution >= 4 is 16.6 Å². The lowest BCUT2D eigenvalue weighted by atomic mass is 10.1. The molecule has 0 fully saturated rings. The SMILES string of the molecule is Cc1ncc(CNc2ccc(OC(F)F)c3ncccc23)[nH]1. The van der Waals surface area contributed by atoms with E-state index in [1.165, 1.54) is 6.07 Å². The van der Waals surface area contributed by atoms with Gasteiger partial charge in [0.05, 0.1) is 18.4 Å². The van der Waals surface area contributed by atoms with E-state index in [-0.39, 0.29) is 5.75 Å². The molecule has 0 spiro atoms. The van der Waals surface area contributed by atoms with Gasteiger partial charge in [-0.15, -0.1) is 0 Å². The number of imidazole rings is 1. The second-order valence-corrected chi connectivity index (χ2v) is 4.74. The molecule has 0 bridgehead atoms. The zero-order chi connectivity index (χ0) is 15.5. The van der Waals surface area contributed by atoms with E-state index in [0.29, 0.717) is 12.1 Å². The number of aromatic nitrogens is 3. The fraction of sp³-hybridized carbons (Fsp3) is 0.200. The van der Waals surface area contributed by atoms with Gasteiger partial charge in [0, 0.05) is 17.3 Å². The van der Waals surface area contributed by atoms with Crippen molar-refractivity contribution in [3.63, 3.8) is 0 Å². The van der Waals surface area contributed by atoms with Crippen molar-refractivity contribution in [1.29, 1.82) is 0 Å². The standard InChI is InChI=1S/C15H14F2N4O/c1-9-19-7-10(21-9)8-20-12-4-5-13(22-15(16)17)14-11(12)3-2-6-18-14/h2-7,15,20H,8H2,1H3,(H,19,21). The molecule has 0 unspecified atom stereocenters. The minimum Gasteiger partial charge on any atom is -0.432 e. The van der Waals surface area contributed by atoms with Crippen molar-refractivity contribution in [3.05, 3.63) is 48.2 Å². The fourth-order valence-electron chi connectivity index (χ4n) is 2.24. The van der Waals surface area contributed by atoms with Gasteiger partial charge in [-0.3, -0.25) is 4.98 Å². The lowest BCUT2D eigenvalue weighted by Crippen LogP contribution is -2.05. The number of hydrogen-bond donors (Lipinski definition) is 2. The van der Waals surface area contributed by atoms with Crippen LogP contribution in [0.25, 0.3) is 10.9 Å². The maximum absolute atomic E-state index is 12.4. The zero-order valence-corrected chi connectivity index (χ0v) is 11.8. The van der Waals surface area contributed by atoms with Gasteiger partial charge in [-0.1, -0.05) is 0 Å². The van der Waals surface area contributed by atoms with E-state index in [2.05, 4.69) is 25.0 Å². The summed E-state index contributed by atoms with van der Waals surface area (Å²) >= 11 is 0. The Morgan fingerprint density at radius 2 is 2.14 bits per heavy atom. The number of rotatable bonds is 5. The molecule has 2 N–H and O–H groups in total. The third-order valence-electron chi connectivity index (χ3n) is 3.17. The fourth-order valence-corrected chi connectivity index (χ4v) is 2.24. The van der Waals surface area contributed by atoms with Gasteiger partial charge in [-0.25, -0.2) is 4.98 Å². The van der Waals surface area contributed by atoms with Crippen LogP contribution in [0.3, 0.4) is 0 Å². The van der Waals surface area contributed by atoms with E-state index in [9.17, 15) is 8.78 Å². The van der Waals surface area contributed by atoms with E-state index in [1.54, 1.807) is 30.6 Å². The van der Waals surface area contributed by atoms with Gasteiger partial charge < -0.3 is 15.0 Å². The van der Waals surface area contributed by atoms with E-state index in [4.69, 9.17) is 0 Å². The molecule has 0 radical (unpaired) electrons. The molecule has 2 aromatic heterocycles. The molecule has 0 aliphatic rings. The number of halogens is 2. The summed E-state index contributed by atoms with van der Waals surface area (Å²) in [6, 6.07) is 6.74. The zero-order valence-electron chi connectivity index (χ0n) is 11.8. The van der Waals surface area contributed by atoms with Gasteiger partial charge >= 0.3 is 6.61 Å². The van der Waals surface area contributed by atoms with Crippen LogP contribution in [0.15, 0.2) is 36.7 Å². The summed E-state index contributed by atoms with van der Waals surface area (Å²) in [7, 11) is 0. The number of nitrogens with one attached hydrogen (secondary N) is 2. The summed E-state index contributed by atoms with van der Waals surface area (Å²) in [6.45, 7) is -0.462. The van der Waals surface area contributed by atoms with Crippen LogP contribution in [-0.4, -0.2) is 21.6 Å². The first kappa shape index (κ1) is 14.2. The molecule has 3 aromatic rings. The van der Waals surface area contributed by atoms with Gasteiger partial charge in [0.25, 0.3) is 0 Å². The number of nitrogens with zero attached hydrogens (tertiary/aromatic N) is 2. The lowest BCUT2D eigenvalue weighted by Gasteiger charge is -2.12. The first-order chi connectivity index (χ1) is 10.6. The largest absolute Gasteiger partial charge is 0.432 e. The molecular formula is C15H14F2N4O. The van der Waals surface area contributed by atoms with E-state index in [1.807, 2.05) is 6.92 Å². The molecular weight excluding hydrogens is 290 g/mol. The predicted molar refractivity (Wildman–Crippen MR) is 79.0 cm³/mol. The van der Waals surface area contributed by atoms with Crippen LogP contribution in [-0.2, 0) is 6.54 Å². The minimum absolute atomic E-state index is 0.0635. The molecule has 7 heteroatoms. The van der Waals surface area contributed by atoms with E-state index >= 15 is 0 Å². The lowest BCUT2D eigenvalue weighted by molar-refractivity contribution is -0.0489. The van der Waals surface area contributed by atoms with Crippen molar-refractivity contribution in [3.8, 4) is 5.75 Å². The molecule has 2 heterocycles. The predicted octanol–water partition coefficient (Wildman–Crippen LogP) is 3.48. The smallest absolute Gasteiger partial charge is 0.387 e. The van der Waals surface area contributed by atoms with Crippen molar-refractivity contribution in [2.45, 2.75) is 20.1 Å². The van der Waals surface area contributed by atoms with E-state index < -0.39 is 6.61 Å². The molecule has 3 rings (SSSR count). The Labute approximate surface area is 125 Å². The van der Waals surface area contributed by atoms with Crippen LogP contribution in [0.2, 0.25) is 0 Å². The maximum atomic E-state index is 12.4. The Bertz CT molecular complexity index is 788. The van der Waals surface area contributed by atoms with Crippen LogP contribution >= 0.6 is 0 Å².